The maximum absolute atomic E-state index is 13.6. The molecule has 0 fully saturated rings. The maximum Gasteiger partial charge on any atom is 0.407 e. The van der Waals surface area contributed by atoms with Gasteiger partial charge in [-0.25, -0.2) is 9.78 Å². The second-order valence-corrected chi connectivity index (χ2v) is 10.4. The summed E-state index contributed by atoms with van der Waals surface area (Å²) in [6.45, 7) is 2.48. The number of carbonyl (C=O) groups is 4. The summed E-state index contributed by atoms with van der Waals surface area (Å²) in [6, 6.07) is 26.7. The van der Waals surface area contributed by atoms with Gasteiger partial charge in [-0.1, -0.05) is 72.8 Å². The number of pyridine rings is 1. The molecule has 0 unspecified atom stereocenters. The van der Waals surface area contributed by atoms with Crippen molar-refractivity contribution >= 4 is 40.5 Å². The number of anilines is 1. The molecule has 1 heterocycles. The number of alkyl carbamates (subject to hydrolysis) is 1. The van der Waals surface area contributed by atoms with Crippen LogP contribution in [-0.4, -0.2) is 48.1 Å². The lowest BCUT2D eigenvalue weighted by molar-refractivity contribution is -0.143. The summed E-state index contributed by atoms with van der Waals surface area (Å²) in [5.41, 5.74) is 3.18. The Morgan fingerprint density at radius 2 is 1.58 bits per heavy atom. The van der Waals surface area contributed by atoms with Crippen molar-refractivity contribution in [2.75, 3.05) is 18.5 Å². The first-order valence-electron chi connectivity index (χ1n) is 15.1. The van der Waals surface area contributed by atoms with Crippen molar-refractivity contribution in [1.82, 2.24) is 15.6 Å². The van der Waals surface area contributed by atoms with Crippen LogP contribution in [0.15, 0.2) is 91.0 Å². The molecule has 10 heteroatoms. The summed E-state index contributed by atoms with van der Waals surface area (Å²) >= 11 is 0. The van der Waals surface area contributed by atoms with Gasteiger partial charge in [-0.3, -0.25) is 14.4 Å². The molecule has 1 atom stereocenters. The van der Waals surface area contributed by atoms with Crippen molar-refractivity contribution < 1.29 is 28.7 Å². The van der Waals surface area contributed by atoms with Gasteiger partial charge in [0, 0.05) is 24.0 Å². The van der Waals surface area contributed by atoms with Crippen LogP contribution in [0.5, 0.6) is 0 Å². The smallest absolute Gasteiger partial charge is 0.407 e. The molecule has 0 saturated heterocycles. The van der Waals surface area contributed by atoms with E-state index in [4.69, 9.17) is 9.47 Å². The molecule has 1 aromatic heterocycles. The first-order chi connectivity index (χ1) is 21.9. The second kappa shape index (κ2) is 17.1. The monoisotopic (exact) mass is 610 g/mol. The fourth-order valence-electron chi connectivity index (χ4n) is 4.70. The van der Waals surface area contributed by atoms with E-state index >= 15 is 0 Å². The molecule has 0 saturated carbocycles. The number of para-hydroxylation sites is 2. The highest BCUT2D eigenvalue weighted by molar-refractivity contribution is 6.01. The third kappa shape index (κ3) is 10.5. The Hall–Kier alpha value is -5.25. The second-order valence-electron chi connectivity index (χ2n) is 10.4. The Bertz CT molecular complexity index is 1590. The lowest BCUT2D eigenvalue weighted by Crippen LogP contribution is -2.44. The van der Waals surface area contributed by atoms with E-state index in [1.807, 2.05) is 78.9 Å². The van der Waals surface area contributed by atoms with Gasteiger partial charge in [-0.2, -0.15) is 0 Å². The van der Waals surface area contributed by atoms with Crippen LogP contribution in [-0.2, 0) is 32.1 Å². The van der Waals surface area contributed by atoms with Gasteiger partial charge in [0.2, 0.25) is 5.91 Å². The topological polar surface area (TPSA) is 136 Å². The zero-order chi connectivity index (χ0) is 31.9. The van der Waals surface area contributed by atoms with Crippen molar-refractivity contribution in [3.63, 3.8) is 0 Å². The van der Waals surface area contributed by atoms with E-state index in [1.54, 1.807) is 19.1 Å². The van der Waals surface area contributed by atoms with Crippen LogP contribution in [0.25, 0.3) is 10.9 Å². The molecule has 45 heavy (non-hydrogen) atoms. The lowest BCUT2D eigenvalue weighted by atomic mass is 10.0. The molecule has 0 aliphatic rings. The van der Waals surface area contributed by atoms with Gasteiger partial charge in [0.15, 0.2) is 0 Å². The highest BCUT2D eigenvalue weighted by Gasteiger charge is 2.23. The summed E-state index contributed by atoms with van der Waals surface area (Å²) in [6.07, 6.45) is 1.46. The number of fused-ring (bicyclic) bond motifs is 1. The lowest BCUT2D eigenvalue weighted by Gasteiger charge is -2.20. The van der Waals surface area contributed by atoms with Crippen molar-refractivity contribution in [2.24, 2.45) is 0 Å². The molecule has 4 rings (SSSR count). The molecule has 4 aromatic rings. The molecular weight excluding hydrogens is 572 g/mol. The highest BCUT2D eigenvalue weighted by atomic mass is 16.5. The minimum absolute atomic E-state index is 0.145. The molecular formula is C35H38N4O6. The van der Waals surface area contributed by atoms with Gasteiger partial charge in [0.05, 0.1) is 12.1 Å². The summed E-state index contributed by atoms with van der Waals surface area (Å²) in [7, 11) is 0. The highest BCUT2D eigenvalue weighted by Crippen LogP contribution is 2.19. The van der Waals surface area contributed by atoms with Crippen LogP contribution in [0, 0.1) is 0 Å². The maximum atomic E-state index is 13.6. The largest absolute Gasteiger partial charge is 0.466 e. The van der Waals surface area contributed by atoms with Crippen LogP contribution in [0.3, 0.4) is 0 Å². The predicted octanol–water partition coefficient (Wildman–Crippen LogP) is 5.56. The summed E-state index contributed by atoms with van der Waals surface area (Å²) < 4.78 is 10.3. The molecule has 3 aromatic carbocycles. The minimum atomic E-state index is -0.916. The zero-order valence-corrected chi connectivity index (χ0v) is 25.3. The fourth-order valence-corrected chi connectivity index (χ4v) is 4.70. The molecule has 0 aliphatic heterocycles. The minimum Gasteiger partial charge on any atom is -0.466 e. The Balaban J connectivity index is 1.39. The summed E-state index contributed by atoms with van der Waals surface area (Å²) in [5.74, 6) is -1.16. The molecule has 0 aliphatic carbocycles. The zero-order valence-electron chi connectivity index (χ0n) is 25.3. The average Bonchev–Trinajstić information content (AvgIpc) is 3.06. The Labute approximate surface area is 262 Å². The summed E-state index contributed by atoms with van der Waals surface area (Å²) in [4.78, 5) is 55.2. The molecule has 3 amide bonds. The van der Waals surface area contributed by atoms with E-state index in [9.17, 15) is 19.2 Å². The number of ether oxygens (including phenoxy) is 2. The Kier molecular flexibility index (Phi) is 12.4. The standard InChI is InChI=1S/C35H38N4O6/c1-2-44-32(40)20-10-16-26-14-6-9-18-29(26)38-33(41)30(19-11-23-36-35(43)45-24-25-12-4-3-5-13-25)39-34(42)31-22-21-27-15-7-8-17-28(27)37-31/h3-9,12-15,17-18,21-22,30H,2,10-11,16,19-20,23-24H2,1H3,(H,36,43)(H,38,41)(H,39,42)/t30-/m0/s1. The van der Waals surface area contributed by atoms with Crippen LogP contribution in [0.2, 0.25) is 0 Å². The van der Waals surface area contributed by atoms with Gasteiger partial charge in [-0.15, -0.1) is 0 Å². The number of carbonyl (C=O) groups excluding carboxylic acids is 4. The average molecular weight is 611 g/mol. The summed E-state index contributed by atoms with van der Waals surface area (Å²) in [5, 5.41) is 9.37. The van der Waals surface area contributed by atoms with Gasteiger partial charge in [0.1, 0.15) is 18.3 Å². The molecule has 10 nitrogen and oxygen atoms in total. The van der Waals surface area contributed by atoms with Gasteiger partial charge < -0.3 is 25.4 Å². The van der Waals surface area contributed by atoms with E-state index in [0.29, 0.717) is 37.1 Å². The first-order valence-corrected chi connectivity index (χ1v) is 15.1. The Morgan fingerprint density at radius 3 is 2.40 bits per heavy atom. The van der Waals surface area contributed by atoms with Gasteiger partial charge in [0.25, 0.3) is 5.91 Å². The number of rotatable bonds is 15. The van der Waals surface area contributed by atoms with E-state index in [1.165, 1.54) is 0 Å². The number of nitrogens with one attached hydrogen (secondary N) is 3. The molecule has 0 spiro atoms. The Morgan fingerprint density at radius 1 is 0.822 bits per heavy atom. The first kappa shape index (κ1) is 32.7. The van der Waals surface area contributed by atoms with E-state index < -0.39 is 23.9 Å². The number of nitrogens with zero attached hydrogens (tertiary/aromatic N) is 1. The van der Waals surface area contributed by atoms with Crippen molar-refractivity contribution in [1.29, 1.82) is 0 Å². The normalized spacial score (nSPS) is 11.3. The molecule has 0 bridgehead atoms. The van der Waals surface area contributed by atoms with Crippen molar-refractivity contribution in [3.8, 4) is 0 Å². The van der Waals surface area contributed by atoms with Crippen LogP contribution in [0.1, 0.15) is 54.2 Å². The molecule has 234 valence electrons. The molecule has 0 radical (unpaired) electrons. The third-order valence-electron chi connectivity index (χ3n) is 7.01. The van der Waals surface area contributed by atoms with Crippen LogP contribution in [0.4, 0.5) is 10.5 Å². The number of hydrogen-bond acceptors (Lipinski definition) is 7. The van der Waals surface area contributed by atoms with E-state index in [-0.39, 0.29) is 37.7 Å². The van der Waals surface area contributed by atoms with Gasteiger partial charge in [-0.05, 0) is 61.9 Å². The number of esters is 1. The van der Waals surface area contributed by atoms with Crippen molar-refractivity contribution in [3.05, 3.63) is 108 Å². The van der Waals surface area contributed by atoms with Crippen LogP contribution >= 0.6 is 0 Å². The number of benzene rings is 3. The number of aryl methyl sites for hydroxylation is 1. The van der Waals surface area contributed by atoms with E-state index in [2.05, 4.69) is 20.9 Å². The molecule has 3 N–H and O–H groups in total. The van der Waals surface area contributed by atoms with Crippen LogP contribution < -0.4 is 16.0 Å². The number of hydrogen-bond donors (Lipinski definition) is 3. The van der Waals surface area contributed by atoms with Crippen molar-refractivity contribution in [2.45, 2.75) is 51.7 Å². The van der Waals surface area contributed by atoms with E-state index in [0.717, 1.165) is 16.5 Å². The number of aromatic nitrogens is 1. The van der Waals surface area contributed by atoms with Gasteiger partial charge >= 0.3 is 12.1 Å². The quantitative estimate of drug-likeness (QED) is 0.118. The predicted molar refractivity (Wildman–Crippen MR) is 172 cm³/mol. The number of amides is 3. The fraction of sp³-hybridized carbons (Fsp3) is 0.286. The SMILES string of the molecule is CCOC(=O)CCCc1ccccc1NC(=O)[C@H](CCCNC(=O)OCc1ccccc1)NC(=O)c1ccc2ccccc2n1. The third-order valence-corrected chi connectivity index (χ3v) is 7.01.